The molecule has 2 aromatic rings. The first-order valence-electron chi connectivity index (χ1n) is 4.95. The maximum absolute atomic E-state index is 12.9. The number of benzene rings is 1. The summed E-state index contributed by atoms with van der Waals surface area (Å²) in [6.45, 7) is 1.81. The summed E-state index contributed by atoms with van der Waals surface area (Å²) in [5.74, 6) is 0. The van der Waals surface area contributed by atoms with Gasteiger partial charge in [-0.2, -0.15) is 26.3 Å². The van der Waals surface area contributed by atoms with Gasteiger partial charge in [-0.1, -0.05) is 0 Å². The number of hydrogen-bond donors (Lipinski definition) is 0. The fourth-order valence-corrected chi connectivity index (χ4v) is 2.00. The second-order valence-corrected chi connectivity index (χ2v) is 3.96. The Morgan fingerprint density at radius 3 is 1.32 bits per heavy atom. The Kier molecular flexibility index (Phi) is 2.76. The number of aryl methyl sites for hydroxylation is 2. The minimum absolute atomic E-state index is 0.321. The number of halogens is 6. The van der Waals surface area contributed by atoms with Crippen molar-refractivity contribution in [1.29, 1.82) is 0 Å². The zero-order valence-electron chi connectivity index (χ0n) is 9.57. The molecular formula is C10H6F6N2O. The highest BCUT2D eigenvalue weighted by Gasteiger charge is 2.47. The molecule has 2 rings (SSSR count). The number of fused-ring (bicyclic) bond motifs is 1. The van der Waals surface area contributed by atoms with Crippen molar-refractivity contribution in [2.24, 2.45) is 0 Å². The van der Waals surface area contributed by atoms with Crippen molar-refractivity contribution < 1.29 is 31.0 Å². The molecule has 1 aromatic carbocycles. The van der Waals surface area contributed by atoms with E-state index in [-0.39, 0.29) is 11.0 Å². The van der Waals surface area contributed by atoms with Crippen LogP contribution in [0.25, 0.3) is 11.0 Å². The smallest absolute Gasteiger partial charge is 0.243 e. The van der Waals surface area contributed by atoms with Crippen LogP contribution in [0.1, 0.15) is 22.3 Å². The Morgan fingerprint density at radius 1 is 0.737 bits per heavy atom. The van der Waals surface area contributed by atoms with Crippen molar-refractivity contribution in [1.82, 2.24) is 10.3 Å². The molecule has 0 aliphatic rings. The number of alkyl halides is 6. The molecule has 0 aliphatic heterocycles. The summed E-state index contributed by atoms with van der Waals surface area (Å²) >= 11 is 0. The molecule has 3 nitrogen and oxygen atoms in total. The molecule has 0 bridgehead atoms. The van der Waals surface area contributed by atoms with Crippen LogP contribution < -0.4 is 0 Å². The van der Waals surface area contributed by atoms with E-state index < -0.39 is 34.6 Å². The molecule has 0 unspecified atom stereocenters. The minimum atomic E-state index is -5.15. The predicted octanol–water partition coefficient (Wildman–Crippen LogP) is 3.88. The van der Waals surface area contributed by atoms with Crippen molar-refractivity contribution in [3.63, 3.8) is 0 Å². The molecule has 0 amide bonds. The summed E-state index contributed by atoms with van der Waals surface area (Å²) in [6.07, 6.45) is -10.3. The second kappa shape index (κ2) is 3.84. The van der Waals surface area contributed by atoms with E-state index >= 15 is 0 Å². The van der Waals surface area contributed by atoms with Crippen molar-refractivity contribution >= 4 is 11.0 Å². The molecule has 0 fully saturated rings. The van der Waals surface area contributed by atoms with Gasteiger partial charge >= 0.3 is 12.4 Å². The quantitative estimate of drug-likeness (QED) is 0.689. The van der Waals surface area contributed by atoms with E-state index in [0.29, 0.717) is 0 Å². The van der Waals surface area contributed by atoms with Gasteiger partial charge in [0.15, 0.2) is 0 Å². The molecule has 0 atom stereocenters. The summed E-state index contributed by atoms with van der Waals surface area (Å²) in [7, 11) is 0. The lowest BCUT2D eigenvalue weighted by molar-refractivity contribution is -0.162. The largest absolute Gasteiger partial charge is 0.417 e. The van der Waals surface area contributed by atoms with Crippen molar-refractivity contribution in [3.8, 4) is 0 Å². The number of nitrogens with zero attached hydrogens (tertiary/aromatic N) is 2. The summed E-state index contributed by atoms with van der Waals surface area (Å²) in [4.78, 5) is 0. The van der Waals surface area contributed by atoms with Crippen LogP contribution in [0.2, 0.25) is 0 Å². The third kappa shape index (κ3) is 2.02. The summed E-state index contributed by atoms with van der Waals surface area (Å²) in [5.41, 5.74) is -5.44. The van der Waals surface area contributed by atoms with E-state index in [1.165, 1.54) is 0 Å². The van der Waals surface area contributed by atoms with Gasteiger partial charge in [0.1, 0.15) is 11.0 Å². The van der Waals surface area contributed by atoms with Crippen molar-refractivity contribution in [2.45, 2.75) is 26.2 Å². The van der Waals surface area contributed by atoms with Gasteiger partial charge in [-0.3, -0.25) is 0 Å². The topological polar surface area (TPSA) is 38.9 Å². The van der Waals surface area contributed by atoms with Gasteiger partial charge in [0.05, 0.1) is 11.1 Å². The Labute approximate surface area is 102 Å². The monoisotopic (exact) mass is 284 g/mol. The fraction of sp³-hybridized carbons (Fsp3) is 0.400. The van der Waals surface area contributed by atoms with Crippen LogP contribution in [-0.2, 0) is 12.4 Å². The molecule has 19 heavy (non-hydrogen) atoms. The zero-order chi connectivity index (χ0) is 14.6. The first-order valence-corrected chi connectivity index (χ1v) is 4.95. The zero-order valence-corrected chi connectivity index (χ0v) is 9.57. The molecule has 0 radical (unpaired) electrons. The maximum atomic E-state index is 12.9. The Bertz CT molecular complexity index is 586. The first-order chi connectivity index (χ1) is 8.55. The number of rotatable bonds is 0. The molecule has 9 heteroatoms. The van der Waals surface area contributed by atoms with E-state index in [1.807, 2.05) is 0 Å². The average Bonchev–Trinajstić information content (AvgIpc) is 2.68. The van der Waals surface area contributed by atoms with E-state index in [1.54, 1.807) is 0 Å². The SMILES string of the molecule is Cc1c(C(F)(F)F)c(C(F)(F)F)c(C)c2nonc12. The van der Waals surface area contributed by atoms with Gasteiger partial charge in [0.25, 0.3) is 0 Å². The lowest BCUT2D eigenvalue weighted by atomic mass is 9.94. The average molecular weight is 284 g/mol. The summed E-state index contributed by atoms with van der Waals surface area (Å²) in [5, 5.41) is 6.45. The minimum Gasteiger partial charge on any atom is -0.243 e. The molecular weight excluding hydrogens is 278 g/mol. The summed E-state index contributed by atoms with van der Waals surface area (Å²) < 4.78 is 81.5. The molecule has 0 aliphatic carbocycles. The van der Waals surface area contributed by atoms with Crippen LogP contribution >= 0.6 is 0 Å². The third-order valence-electron chi connectivity index (χ3n) is 2.77. The van der Waals surface area contributed by atoms with Crippen LogP contribution in [0.3, 0.4) is 0 Å². The van der Waals surface area contributed by atoms with Gasteiger partial charge in [0, 0.05) is 0 Å². The molecule has 1 aromatic heterocycles. The Hall–Kier alpha value is -1.80. The van der Waals surface area contributed by atoms with E-state index in [2.05, 4.69) is 14.9 Å². The Morgan fingerprint density at radius 2 is 1.05 bits per heavy atom. The van der Waals surface area contributed by atoms with Gasteiger partial charge in [-0.25, -0.2) is 4.63 Å². The molecule has 1 heterocycles. The van der Waals surface area contributed by atoms with Gasteiger partial charge < -0.3 is 0 Å². The van der Waals surface area contributed by atoms with Gasteiger partial charge in [0.2, 0.25) is 0 Å². The van der Waals surface area contributed by atoms with Crippen LogP contribution in [0.15, 0.2) is 4.63 Å². The first kappa shape index (κ1) is 13.6. The molecule has 104 valence electrons. The molecule has 0 spiro atoms. The lowest BCUT2D eigenvalue weighted by Crippen LogP contribution is -2.20. The number of aromatic nitrogens is 2. The highest BCUT2D eigenvalue weighted by Crippen LogP contribution is 2.45. The standard InChI is InChI=1S/C10H6F6N2O/c1-3-5(9(11,12)13)6(10(14,15)16)4(2)8-7(3)17-19-18-8/h1-2H3. The molecule has 0 saturated heterocycles. The van der Waals surface area contributed by atoms with Crippen molar-refractivity contribution in [3.05, 3.63) is 22.3 Å². The van der Waals surface area contributed by atoms with E-state index in [4.69, 9.17) is 0 Å². The molecule has 0 saturated carbocycles. The van der Waals surface area contributed by atoms with Crippen LogP contribution in [0, 0.1) is 13.8 Å². The van der Waals surface area contributed by atoms with Crippen molar-refractivity contribution in [2.75, 3.05) is 0 Å². The van der Waals surface area contributed by atoms with Gasteiger partial charge in [-0.15, -0.1) is 0 Å². The van der Waals surface area contributed by atoms with Crippen LogP contribution in [0.5, 0.6) is 0 Å². The predicted molar refractivity (Wildman–Crippen MR) is 51.3 cm³/mol. The normalized spacial score (nSPS) is 13.3. The molecule has 0 N–H and O–H groups in total. The summed E-state index contributed by atoms with van der Waals surface area (Å²) in [6, 6.07) is 0. The van der Waals surface area contributed by atoms with E-state index in [9.17, 15) is 26.3 Å². The van der Waals surface area contributed by atoms with Gasteiger partial charge in [-0.05, 0) is 35.3 Å². The Balaban J connectivity index is 3.02. The highest BCUT2D eigenvalue weighted by molar-refractivity contribution is 5.83. The van der Waals surface area contributed by atoms with Crippen LogP contribution in [-0.4, -0.2) is 10.3 Å². The number of hydrogen-bond acceptors (Lipinski definition) is 3. The van der Waals surface area contributed by atoms with E-state index in [0.717, 1.165) is 13.8 Å². The highest BCUT2D eigenvalue weighted by atomic mass is 19.4. The third-order valence-corrected chi connectivity index (χ3v) is 2.77. The second-order valence-electron chi connectivity index (χ2n) is 3.96. The van der Waals surface area contributed by atoms with Crippen LogP contribution in [0.4, 0.5) is 26.3 Å². The lowest BCUT2D eigenvalue weighted by Gasteiger charge is -2.19. The maximum Gasteiger partial charge on any atom is 0.417 e. The fourth-order valence-electron chi connectivity index (χ4n) is 2.00.